The molecule has 1 aromatic rings. The van der Waals surface area contributed by atoms with Gasteiger partial charge in [-0.25, -0.2) is 0 Å². The molecule has 0 spiro atoms. The van der Waals surface area contributed by atoms with Crippen molar-refractivity contribution in [3.05, 3.63) is 41.7 Å². The molecule has 0 aliphatic heterocycles. The van der Waals surface area contributed by atoms with E-state index in [0.29, 0.717) is 24.3 Å². The highest BCUT2D eigenvalue weighted by molar-refractivity contribution is 5.96. The lowest BCUT2D eigenvalue weighted by Crippen LogP contribution is -2.54. The van der Waals surface area contributed by atoms with Crippen molar-refractivity contribution in [1.29, 1.82) is 0 Å². The zero-order valence-electron chi connectivity index (χ0n) is 20.9. The maximum atomic E-state index is 12.1. The molecule has 0 saturated heterocycles. The highest BCUT2D eigenvalue weighted by atomic mass is 16.6. The van der Waals surface area contributed by atoms with Crippen LogP contribution in [0.15, 0.2) is 41.3 Å². The highest BCUT2D eigenvalue weighted by Gasteiger charge is 2.63. The van der Waals surface area contributed by atoms with Crippen LogP contribution >= 0.6 is 0 Å². The maximum absolute atomic E-state index is 12.1. The number of oxime groups is 1. The zero-order chi connectivity index (χ0) is 24.7. The standard InChI is InChI=1S/C29H37N3O3/c1-4-29(34)14-9-25-23-6-5-21-17-22(7-12-27(21,2)24(23)8-13-28(25,29)3)32-35-19-26(33)31-18-20-10-15-30-16-11-20/h1,10-11,15-17,23-25,34H,5-9,12-14,18-19H2,2-3H3,(H,31,33)/t23-,24-,25+,27-,28+,29+/m0/s1. The molecule has 6 atom stereocenters. The van der Waals surface area contributed by atoms with Gasteiger partial charge >= 0.3 is 0 Å². The summed E-state index contributed by atoms with van der Waals surface area (Å²) in [6.07, 6.45) is 19.5. The minimum atomic E-state index is -0.950. The molecule has 4 aliphatic carbocycles. The van der Waals surface area contributed by atoms with E-state index in [4.69, 9.17) is 11.3 Å². The molecule has 3 saturated carbocycles. The van der Waals surface area contributed by atoms with Crippen molar-refractivity contribution in [1.82, 2.24) is 10.3 Å². The molecule has 1 heterocycles. The van der Waals surface area contributed by atoms with E-state index in [1.54, 1.807) is 12.4 Å². The Balaban J connectivity index is 1.21. The van der Waals surface area contributed by atoms with Crippen LogP contribution in [0.1, 0.15) is 70.8 Å². The normalized spacial score (nSPS) is 39.0. The first-order chi connectivity index (χ1) is 16.8. The predicted molar refractivity (Wildman–Crippen MR) is 135 cm³/mol. The number of hydrogen-bond donors (Lipinski definition) is 2. The van der Waals surface area contributed by atoms with Crippen LogP contribution < -0.4 is 5.32 Å². The Morgan fingerprint density at radius 2 is 1.97 bits per heavy atom. The monoisotopic (exact) mass is 475 g/mol. The minimum absolute atomic E-state index is 0.0852. The molecule has 0 bridgehead atoms. The van der Waals surface area contributed by atoms with Gasteiger partial charge in [0.2, 0.25) is 0 Å². The quantitative estimate of drug-likeness (QED) is 0.488. The Labute approximate surface area is 208 Å². The van der Waals surface area contributed by atoms with Crippen LogP contribution in [0, 0.1) is 40.9 Å². The fraction of sp³-hybridized carbons (Fsp3) is 0.621. The van der Waals surface area contributed by atoms with Gasteiger partial charge in [-0.3, -0.25) is 9.78 Å². The zero-order valence-corrected chi connectivity index (χ0v) is 20.9. The van der Waals surface area contributed by atoms with Gasteiger partial charge in [-0.15, -0.1) is 6.42 Å². The first-order valence-corrected chi connectivity index (χ1v) is 13.0. The van der Waals surface area contributed by atoms with Gasteiger partial charge in [0.25, 0.3) is 5.91 Å². The summed E-state index contributed by atoms with van der Waals surface area (Å²) in [5, 5.41) is 18.3. The van der Waals surface area contributed by atoms with Crippen LogP contribution in [0.3, 0.4) is 0 Å². The van der Waals surface area contributed by atoms with Crippen LogP contribution in [-0.4, -0.2) is 33.9 Å². The number of nitrogens with zero attached hydrogens (tertiary/aromatic N) is 2. The lowest BCUT2D eigenvalue weighted by Gasteiger charge is -2.58. The lowest BCUT2D eigenvalue weighted by molar-refractivity contribution is -0.125. The van der Waals surface area contributed by atoms with Crippen molar-refractivity contribution in [3.63, 3.8) is 0 Å². The summed E-state index contributed by atoms with van der Waals surface area (Å²) < 4.78 is 0. The van der Waals surface area contributed by atoms with E-state index in [1.807, 2.05) is 12.1 Å². The van der Waals surface area contributed by atoms with Gasteiger partial charge in [0.05, 0.1) is 5.71 Å². The predicted octanol–water partition coefficient (Wildman–Crippen LogP) is 4.40. The molecule has 5 rings (SSSR count). The third-order valence-corrected chi connectivity index (χ3v) is 9.98. The molecule has 6 heteroatoms. The van der Waals surface area contributed by atoms with Crippen LogP contribution in [0.25, 0.3) is 0 Å². The summed E-state index contributed by atoms with van der Waals surface area (Å²) in [7, 11) is 0. The third kappa shape index (κ3) is 4.08. The molecule has 35 heavy (non-hydrogen) atoms. The van der Waals surface area contributed by atoms with E-state index in [0.717, 1.165) is 62.6 Å². The summed E-state index contributed by atoms with van der Waals surface area (Å²) in [6, 6.07) is 3.74. The molecule has 186 valence electrons. The number of fused-ring (bicyclic) bond motifs is 5. The second-order valence-corrected chi connectivity index (χ2v) is 11.5. The fourth-order valence-electron chi connectivity index (χ4n) is 7.82. The van der Waals surface area contributed by atoms with Crippen LogP contribution in [0.4, 0.5) is 0 Å². The van der Waals surface area contributed by atoms with Crippen LogP contribution in [0.2, 0.25) is 0 Å². The number of hydrogen-bond acceptors (Lipinski definition) is 5. The average Bonchev–Trinajstić information content (AvgIpc) is 3.14. The summed E-state index contributed by atoms with van der Waals surface area (Å²) in [6.45, 7) is 5.04. The Kier molecular flexibility index (Phi) is 6.25. The molecule has 2 N–H and O–H groups in total. The Morgan fingerprint density at radius 1 is 1.20 bits per heavy atom. The van der Waals surface area contributed by atoms with E-state index in [2.05, 4.69) is 41.3 Å². The summed E-state index contributed by atoms with van der Waals surface area (Å²) in [5.41, 5.74) is 2.46. The smallest absolute Gasteiger partial charge is 0.261 e. The van der Waals surface area contributed by atoms with Crippen molar-refractivity contribution < 1.29 is 14.7 Å². The number of aromatic nitrogens is 1. The fourth-order valence-corrected chi connectivity index (χ4v) is 7.82. The molecule has 4 aliphatic rings. The second kappa shape index (κ2) is 9.09. The van der Waals surface area contributed by atoms with Gasteiger partial charge < -0.3 is 15.3 Å². The van der Waals surface area contributed by atoms with Crippen LogP contribution in [0.5, 0.6) is 0 Å². The Morgan fingerprint density at radius 3 is 2.74 bits per heavy atom. The number of carbonyl (C=O) groups excluding carboxylic acids is 1. The Hall–Kier alpha value is -2.65. The number of rotatable bonds is 5. The van der Waals surface area contributed by atoms with Gasteiger partial charge in [-0.1, -0.05) is 30.5 Å². The van der Waals surface area contributed by atoms with E-state index < -0.39 is 5.60 Å². The number of terminal acetylenes is 1. The summed E-state index contributed by atoms with van der Waals surface area (Å²) in [4.78, 5) is 21.5. The van der Waals surface area contributed by atoms with Crippen molar-refractivity contribution in [3.8, 4) is 12.3 Å². The SMILES string of the molecule is C#C[C@@]1(O)CC[C@@H]2[C@H]3CCC4=CC(=NOCC(=O)NCc5ccncc5)CC[C@]4(C)[C@H]3CC[C@]21C. The van der Waals surface area contributed by atoms with Gasteiger partial charge in [-0.2, -0.15) is 0 Å². The number of amides is 1. The number of allylic oxidation sites excluding steroid dienone is 2. The first kappa shape index (κ1) is 24.1. The van der Waals surface area contributed by atoms with Crippen LogP contribution in [-0.2, 0) is 16.2 Å². The average molecular weight is 476 g/mol. The van der Waals surface area contributed by atoms with E-state index in [9.17, 15) is 9.90 Å². The minimum Gasteiger partial charge on any atom is -0.385 e. The highest BCUT2D eigenvalue weighted by Crippen LogP contribution is 2.67. The summed E-state index contributed by atoms with van der Waals surface area (Å²) >= 11 is 0. The van der Waals surface area contributed by atoms with Crippen molar-refractivity contribution in [2.75, 3.05) is 6.61 Å². The summed E-state index contributed by atoms with van der Waals surface area (Å²) in [5.74, 6) is 4.34. The molecular weight excluding hydrogens is 438 g/mol. The maximum Gasteiger partial charge on any atom is 0.261 e. The molecule has 0 aromatic carbocycles. The van der Waals surface area contributed by atoms with Gasteiger partial charge in [0, 0.05) is 24.4 Å². The Bertz CT molecular complexity index is 1080. The van der Waals surface area contributed by atoms with E-state index in [1.165, 1.54) is 5.57 Å². The molecule has 1 amide bonds. The number of carbonyl (C=O) groups is 1. The molecule has 6 nitrogen and oxygen atoms in total. The number of nitrogens with one attached hydrogen (secondary N) is 1. The van der Waals surface area contributed by atoms with Crippen molar-refractivity contribution in [2.45, 2.75) is 77.4 Å². The third-order valence-electron chi connectivity index (χ3n) is 9.98. The van der Waals surface area contributed by atoms with Gasteiger partial charge in [0.1, 0.15) is 5.60 Å². The number of aliphatic hydroxyl groups is 1. The van der Waals surface area contributed by atoms with E-state index in [-0.39, 0.29) is 23.3 Å². The lowest BCUT2D eigenvalue weighted by atomic mass is 9.46. The molecular formula is C29H37N3O3. The topological polar surface area (TPSA) is 83.8 Å². The largest absolute Gasteiger partial charge is 0.385 e. The number of pyridine rings is 1. The molecule has 3 fully saturated rings. The van der Waals surface area contributed by atoms with Crippen molar-refractivity contribution in [2.24, 2.45) is 33.7 Å². The molecule has 1 aromatic heterocycles. The van der Waals surface area contributed by atoms with E-state index >= 15 is 0 Å². The molecule has 0 unspecified atom stereocenters. The molecule has 0 radical (unpaired) electrons. The van der Waals surface area contributed by atoms with Gasteiger partial charge in [0.15, 0.2) is 6.61 Å². The van der Waals surface area contributed by atoms with Crippen molar-refractivity contribution >= 4 is 11.6 Å². The first-order valence-electron chi connectivity index (χ1n) is 13.0. The van der Waals surface area contributed by atoms with Gasteiger partial charge in [-0.05, 0) is 98.3 Å². The second-order valence-electron chi connectivity index (χ2n) is 11.5.